The normalized spacial score (nSPS) is 28.5. The van der Waals surface area contributed by atoms with Gasteiger partial charge in [-0.3, -0.25) is 0 Å². The quantitative estimate of drug-likeness (QED) is 0.812. The summed E-state index contributed by atoms with van der Waals surface area (Å²) in [4.78, 5) is 2.27. The lowest BCUT2D eigenvalue weighted by molar-refractivity contribution is 0.0931. The Bertz CT molecular complexity index is 646. The molecule has 23 heavy (non-hydrogen) atoms. The Morgan fingerprint density at radius 2 is 2.26 bits per heavy atom. The second kappa shape index (κ2) is 6.11. The van der Waals surface area contributed by atoms with Gasteiger partial charge in [0.05, 0.1) is 18.6 Å². The van der Waals surface area contributed by atoms with Crippen LogP contribution >= 0.6 is 15.9 Å². The summed E-state index contributed by atoms with van der Waals surface area (Å²) in [6.45, 7) is 6.15. The molecular weight excluding hydrogens is 358 g/mol. The molecule has 4 nitrogen and oxygen atoms in total. The molecule has 0 unspecified atom stereocenters. The number of halogens is 1. The average molecular weight is 382 g/mol. The molecule has 1 aromatic carbocycles. The zero-order chi connectivity index (χ0) is 16.8. The van der Waals surface area contributed by atoms with E-state index in [-0.39, 0.29) is 11.5 Å². The molecule has 0 bridgehead atoms. The predicted octanol–water partition coefficient (Wildman–Crippen LogP) is 3.25. The van der Waals surface area contributed by atoms with Crippen molar-refractivity contribution >= 4 is 15.9 Å². The molecule has 0 fully saturated rings. The van der Waals surface area contributed by atoms with Crippen LogP contribution in [0.5, 0.6) is 11.5 Å². The van der Waals surface area contributed by atoms with E-state index in [1.165, 1.54) is 11.1 Å². The summed E-state index contributed by atoms with van der Waals surface area (Å²) in [6.07, 6.45) is 4.07. The Hall–Kier alpha value is -1.04. The fourth-order valence-corrected chi connectivity index (χ4v) is 4.07. The maximum Gasteiger partial charge on any atom is 0.166 e. The highest BCUT2D eigenvalue weighted by Gasteiger charge is 2.49. The summed E-state index contributed by atoms with van der Waals surface area (Å²) >= 11 is 3.72. The van der Waals surface area contributed by atoms with Crippen molar-refractivity contribution in [1.82, 2.24) is 4.90 Å². The number of hydrogen-bond acceptors (Lipinski definition) is 4. The lowest BCUT2D eigenvalue weighted by atomic mass is 9.72. The first-order valence-electron chi connectivity index (χ1n) is 8.03. The fraction of sp³-hybridized carbons (Fsp3) is 0.556. The summed E-state index contributed by atoms with van der Waals surface area (Å²) in [6, 6.07) is 1.98. The molecule has 1 N–H and O–H groups in total. The van der Waals surface area contributed by atoms with Crippen LogP contribution in [0.3, 0.4) is 0 Å². The number of aliphatic hydroxyl groups is 1. The van der Waals surface area contributed by atoms with E-state index in [9.17, 15) is 5.11 Å². The second-order valence-electron chi connectivity index (χ2n) is 6.63. The highest BCUT2D eigenvalue weighted by atomic mass is 79.9. The highest BCUT2D eigenvalue weighted by molar-refractivity contribution is 9.10. The number of rotatable bonds is 4. The van der Waals surface area contributed by atoms with Crippen LogP contribution in [-0.2, 0) is 12.0 Å². The highest BCUT2D eigenvalue weighted by Crippen LogP contribution is 2.54. The molecule has 0 aromatic heterocycles. The number of nitrogens with zero attached hydrogens (tertiary/aromatic N) is 1. The van der Waals surface area contributed by atoms with Crippen LogP contribution in [0.15, 0.2) is 22.7 Å². The maximum atomic E-state index is 9.97. The van der Waals surface area contributed by atoms with Crippen molar-refractivity contribution < 1.29 is 14.6 Å². The van der Waals surface area contributed by atoms with E-state index < -0.39 is 6.10 Å². The van der Waals surface area contributed by atoms with Crippen LogP contribution in [-0.4, -0.2) is 42.9 Å². The van der Waals surface area contributed by atoms with Gasteiger partial charge in [0, 0.05) is 23.0 Å². The molecule has 2 aliphatic rings. The molecule has 1 aliphatic carbocycles. The summed E-state index contributed by atoms with van der Waals surface area (Å²) in [7, 11) is 3.78. The van der Waals surface area contributed by atoms with Crippen LogP contribution in [0, 0.1) is 0 Å². The number of ether oxygens (including phenoxy) is 2. The van der Waals surface area contributed by atoms with Gasteiger partial charge in [-0.2, -0.15) is 0 Å². The van der Waals surface area contributed by atoms with E-state index in [1.807, 2.05) is 12.1 Å². The Labute approximate surface area is 146 Å². The van der Waals surface area contributed by atoms with Crippen molar-refractivity contribution in [1.29, 1.82) is 0 Å². The Kier molecular flexibility index (Phi) is 4.47. The molecule has 0 amide bonds. The van der Waals surface area contributed by atoms with Gasteiger partial charge >= 0.3 is 0 Å². The first kappa shape index (κ1) is 16.8. The van der Waals surface area contributed by atoms with Gasteiger partial charge in [-0.25, -0.2) is 0 Å². The van der Waals surface area contributed by atoms with Crippen LogP contribution in [0.2, 0.25) is 0 Å². The van der Waals surface area contributed by atoms with Gasteiger partial charge in [-0.15, -0.1) is 0 Å². The smallest absolute Gasteiger partial charge is 0.166 e. The summed E-state index contributed by atoms with van der Waals surface area (Å²) in [5, 5.41) is 9.97. The van der Waals surface area contributed by atoms with Crippen LogP contribution in [0.1, 0.15) is 31.4 Å². The topological polar surface area (TPSA) is 41.9 Å². The minimum absolute atomic E-state index is 0.0635. The maximum absolute atomic E-state index is 9.97. The summed E-state index contributed by atoms with van der Waals surface area (Å²) in [5.41, 5.74) is 2.17. The molecular formula is C18H24BrNO3. The second-order valence-corrected chi connectivity index (χ2v) is 7.48. The van der Waals surface area contributed by atoms with Crippen LogP contribution in [0.25, 0.3) is 0 Å². The molecule has 5 heteroatoms. The zero-order valence-electron chi connectivity index (χ0n) is 14.1. The summed E-state index contributed by atoms with van der Waals surface area (Å²) < 4.78 is 12.8. The van der Waals surface area contributed by atoms with Gasteiger partial charge in [0.1, 0.15) is 6.10 Å². The largest absolute Gasteiger partial charge is 0.493 e. The van der Waals surface area contributed by atoms with Crippen molar-refractivity contribution in [2.24, 2.45) is 0 Å². The monoisotopic (exact) mass is 381 g/mol. The molecule has 0 radical (unpaired) electrons. The zero-order valence-corrected chi connectivity index (χ0v) is 15.7. The summed E-state index contributed by atoms with van der Waals surface area (Å²) in [5.74, 6) is 1.56. The molecule has 3 atom stereocenters. The van der Waals surface area contributed by atoms with Crippen molar-refractivity contribution in [3.63, 3.8) is 0 Å². The molecule has 1 aromatic rings. The predicted molar refractivity (Wildman–Crippen MR) is 94.2 cm³/mol. The van der Waals surface area contributed by atoms with Crippen LogP contribution in [0.4, 0.5) is 0 Å². The minimum Gasteiger partial charge on any atom is -0.493 e. The molecule has 0 spiro atoms. The lowest BCUT2D eigenvalue weighted by Gasteiger charge is -2.33. The van der Waals surface area contributed by atoms with Crippen LogP contribution < -0.4 is 9.47 Å². The van der Waals surface area contributed by atoms with E-state index >= 15 is 0 Å². The van der Waals surface area contributed by atoms with Crippen molar-refractivity contribution in [2.75, 3.05) is 20.7 Å². The Morgan fingerprint density at radius 1 is 1.52 bits per heavy atom. The van der Waals surface area contributed by atoms with Crippen molar-refractivity contribution in [2.45, 2.75) is 44.4 Å². The van der Waals surface area contributed by atoms with Gasteiger partial charge in [0.25, 0.3) is 0 Å². The number of benzene rings is 1. The van der Waals surface area contributed by atoms with E-state index in [4.69, 9.17) is 9.47 Å². The standard InChI is InChI=1S/C18H24BrNO3/c1-5-20(3)10-12-13(19)9-14(22-4)17-16(12)18(2)7-6-11(21)8-15(18)23-17/h6-7,9,11,15,21H,5,8,10H2,1-4H3/t11-,15-,18+/m0/s1. The van der Waals surface area contributed by atoms with E-state index in [1.54, 1.807) is 7.11 Å². The SMILES string of the molecule is CCN(C)Cc1c(Br)cc(OC)c2c1[C@]1(C)C=C[C@H](O)C[C@@H]1O2. The van der Waals surface area contributed by atoms with Gasteiger partial charge < -0.3 is 19.5 Å². The molecule has 126 valence electrons. The van der Waals surface area contributed by atoms with Gasteiger partial charge in [0.15, 0.2) is 11.5 Å². The van der Waals surface area contributed by atoms with E-state index in [0.717, 1.165) is 29.1 Å². The first-order valence-corrected chi connectivity index (χ1v) is 8.82. The number of aliphatic hydroxyl groups excluding tert-OH is 1. The third-order valence-corrected chi connectivity index (χ3v) is 5.78. The van der Waals surface area contributed by atoms with Gasteiger partial charge in [-0.05, 0) is 32.1 Å². The molecule has 1 aliphatic heterocycles. The fourth-order valence-electron chi connectivity index (χ4n) is 3.54. The van der Waals surface area contributed by atoms with E-state index in [0.29, 0.717) is 6.42 Å². The third-order valence-electron chi connectivity index (χ3n) is 5.07. The Morgan fingerprint density at radius 3 is 2.91 bits per heavy atom. The Balaban J connectivity index is 2.18. The minimum atomic E-state index is -0.446. The third kappa shape index (κ3) is 2.69. The molecule has 3 rings (SSSR count). The average Bonchev–Trinajstić information content (AvgIpc) is 2.82. The van der Waals surface area contributed by atoms with Gasteiger partial charge in [0.2, 0.25) is 0 Å². The number of hydrogen-bond donors (Lipinski definition) is 1. The van der Waals surface area contributed by atoms with Gasteiger partial charge in [-0.1, -0.05) is 35.0 Å². The van der Waals surface area contributed by atoms with Crippen molar-refractivity contribution in [3.05, 3.63) is 33.8 Å². The lowest BCUT2D eigenvalue weighted by Crippen LogP contribution is -2.40. The number of fused-ring (bicyclic) bond motifs is 3. The molecule has 0 saturated heterocycles. The first-order chi connectivity index (χ1) is 10.9. The molecule has 0 saturated carbocycles. The molecule has 1 heterocycles. The number of methoxy groups -OCH3 is 1. The van der Waals surface area contributed by atoms with Crippen molar-refractivity contribution in [3.8, 4) is 11.5 Å². The van der Waals surface area contributed by atoms with E-state index in [2.05, 4.69) is 47.8 Å².